The standard InChI is InChI=1S/C13H4F6N2/c14-6-3-7(15)11(18)13(10(6)17)21-8-2-1-5(4-20)9(16)12(8)19/h1-3,21H. The van der Waals surface area contributed by atoms with Gasteiger partial charge in [-0.15, -0.1) is 0 Å². The Balaban J connectivity index is 2.54. The van der Waals surface area contributed by atoms with Crippen LogP contribution in [0.5, 0.6) is 0 Å². The van der Waals surface area contributed by atoms with Crippen molar-refractivity contribution in [3.05, 3.63) is 58.7 Å². The Morgan fingerprint density at radius 3 is 1.90 bits per heavy atom. The molecule has 108 valence electrons. The van der Waals surface area contributed by atoms with E-state index in [2.05, 4.69) is 0 Å². The molecule has 0 bridgehead atoms. The third-order valence-corrected chi connectivity index (χ3v) is 2.57. The number of nitrogens with zero attached hydrogens (tertiary/aromatic N) is 1. The zero-order valence-electron chi connectivity index (χ0n) is 9.95. The van der Waals surface area contributed by atoms with Crippen LogP contribution in [0.15, 0.2) is 18.2 Å². The highest BCUT2D eigenvalue weighted by Crippen LogP contribution is 2.29. The van der Waals surface area contributed by atoms with E-state index in [9.17, 15) is 26.3 Å². The Kier molecular flexibility index (Phi) is 3.76. The van der Waals surface area contributed by atoms with Crippen LogP contribution in [0.3, 0.4) is 0 Å². The van der Waals surface area contributed by atoms with Gasteiger partial charge >= 0.3 is 0 Å². The lowest BCUT2D eigenvalue weighted by molar-refractivity contribution is 0.459. The summed E-state index contributed by atoms with van der Waals surface area (Å²) in [4.78, 5) is 0. The summed E-state index contributed by atoms with van der Waals surface area (Å²) in [6, 6.07) is 2.98. The monoisotopic (exact) mass is 302 g/mol. The molecule has 2 nitrogen and oxygen atoms in total. The van der Waals surface area contributed by atoms with Crippen molar-refractivity contribution in [2.75, 3.05) is 5.32 Å². The van der Waals surface area contributed by atoms with Crippen LogP contribution in [0.25, 0.3) is 0 Å². The number of rotatable bonds is 2. The fourth-order valence-corrected chi connectivity index (χ4v) is 1.55. The van der Waals surface area contributed by atoms with Crippen LogP contribution >= 0.6 is 0 Å². The minimum atomic E-state index is -1.79. The van der Waals surface area contributed by atoms with Gasteiger partial charge in [0.25, 0.3) is 0 Å². The molecule has 21 heavy (non-hydrogen) atoms. The predicted molar refractivity (Wildman–Crippen MR) is 60.6 cm³/mol. The van der Waals surface area contributed by atoms with Crippen molar-refractivity contribution in [1.29, 1.82) is 5.26 Å². The van der Waals surface area contributed by atoms with Crippen molar-refractivity contribution in [3.63, 3.8) is 0 Å². The molecule has 0 aliphatic heterocycles. The molecule has 0 saturated carbocycles. The third kappa shape index (κ3) is 2.50. The van der Waals surface area contributed by atoms with Crippen LogP contribution < -0.4 is 5.32 Å². The van der Waals surface area contributed by atoms with Crippen molar-refractivity contribution in [1.82, 2.24) is 0 Å². The molecule has 2 rings (SSSR count). The van der Waals surface area contributed by atoms with E-state index in [-0.39, 0.29) is 6.07 Å². The fourth-order valence-electron chi connectivity index (χ4n) is 1.55. The summed E-state index contributed by atoms with van der Waals surface area (Å²) in [6.07, 6.45) is 0. The normalized spacial score (nSPS) is 10.3. The molecule has 8 heteroatoms. The molecule has 0 aromatic heterocycles. The van der Waals surface area contributed by atoms with Crippen LogP contribution in [0.1, 0.15) is 5.56 Å². The molecule has 0 heterocycles. The van der Waals surface area contributed by atoms with Gasteiger partial charge in [0, 0.05) is 6.07 Å². The number of halogens is 6. The largest absolute Gasteiger partial charge is 0.348 e. The average molecular weight is 302 g/mol. The third-order valence-electron chi connectivity index (χ3n) is 2.57. The number of anilines is 2. The number of hydrogen-bond acceptors (Lipinski definition) is 2. The van der Waals surface area contributed by atoms with Crippen LogP contribution in [0.2, 0.25) is 0 Å². The van der Waals surface area contributed by atoms with E-state index < -0.39 is 51.8 Å². The van der Waals surface area contributed by atoms with E-state index in [1.54, 1.807) is 5.32 Å². The smallest absolute Gasteiger partial charge is 0.185 e. The van der Waals surface area contributed by atoms with Gasteiger partial charge in [-0.3, -0.25) is 0 Å². The Bertz CT molecular complexity index is 740. The van der Waals surface area contributed by atoms with E-state index >= 15 is 0 Å². The van der Waals surface area contributed by atoms with E-state index in [0.29, 0.717) is 0 Å². The molecule has 1 N–H and O–H groups in total. The molecule has 0 aliphatic carbocycles. The zero-order chi connectivity index (χ0) is 15.7. The van der Waals surface area contributed by atoms with E-state index in [1.165, 1.54) is 6.07 Å². The van der Waals surface area contributed by atoms with Crippen molar-refractivity contribution in [2.45, 2.75) is 0 Å². The first kappa shape index (κ1) is 14.7. The van der Waals surface area contributed by atoms with Gasteiger partial charge in [0.15, 0.2) is 34.9 Å². The van der Waals surface area contributed by atoms with Crippen LogP contribution in [-0.2, 0) is 0 Å². The highest BCUT2D eigenvalue weighted by molar-refractivity contribution is 5.63. The van der Waals surface area contributed by atoms with E-state index in [1.807, 2.05) is 0 Å². The number of nitriles is 1. The highest BCUT2D eigenvalue weighted by Gasteiger charge is 2.21. The van der Waals surface area contributed by atoms with Crippen molar-refractivity contribution >= 4 is 11.4 Å². The molecule has 0 unspecified atom stereocenters. The van der Waals surface area contributed by atoms with Gasteiger partial charge in [0.1, 0.15) is 11.8 Å². The number of hydrogen-bond donors (Lipinski definition) is 1. The summed E-state index contributed by atoms with van der Waals surface area (Å²) in [5.41, 5.74) is -2.73. The predicted octanol–water partition coefficient (Wildman–Crippen LogP) is 4.14. The quantitative estimate of drug-likeness (QED) is 0.668. The summed E-state index contributed by atoms with van der Waals surface area (Å²) >= 11 is 0. The van der Waals surface area contributed by atoms with Crippen LogP contribution in [0.4, 0.5) is 37.7 Å². The minimum Gasteiger partial charge on any atom is -0.348 e. The number of benzene rings is 2. The summed E-state index contributed by atoms with van der Waals surface area (Å²) in [5.74, 6) is -10.2. The molecule has 2 aromatic rings. The fraction of sp³-hybridized carbons (Fsp3) is 0. The van der Waals surface area contributed by atoms with Gasteiger partial charge < -0.3 is 5.32 Å². The molecule has 0 spiro atoms. The number of nitrogens with one attached hydrogen (secondary N) is 1. The molecule has 0 radical (unpaired) electrons. The lowest BCUT2D eigenvalue weighted by Gasteiger charge is -2.11. The Morgan fingerprint density at radius 1 is 0.810 bits per heavy atom. The Morgan fingerprint density at radius 2 is 1.38 bits per heavy atom. The van der Waals surface area contributed by atoms with Gasteiger partial charge in [-0.05, 0) is 12.1 Å². The average Bonchev–Trinajstić information content (AvgIpc) is 2.46. The van der Waals surface area contributed by atoms with Gasteiger partial charge in [-0.1, -0.05) is 0 Å². The van der Waals surface area contributed by atoms with Crippen molar-refractivity contribution < 1.29 is 26.3 Å². The molecule has 0 amide bonds. The van der Waals surface area contributed by atoms with Crippen molar-refractivity contribution in [2.24, 2.45) is 0 Å². The molecule has 2 aromatic carbocycles. The summed E-state index contributed by atoms with van der Waals surface area (Å²) in [5, 5.41) is 10.2. The first-order valence-corrected chi connectivity index (χ1v) is 5.35. The zero-order valence-corrected chi connectivity index (χ0v) is 9.95. The SMILES string of the molecule is N#Cc1ccc(Nc2c(F)c(F)cc(F)c2F)c(F)c1F. The van der Waals surface area contributed by atoms with E-state index in [4.69, 9.17) is 5.26 Å². The van der Waals surface area contributed by atoms with Gasteiger partial charge in [-0.25, -0.2) is 26.3 Å². The first-order valence-electron chi connectivity index (χ1n) is 5.35. The maximum Gasteiger partial charge on any atom is 0.185 e. The molecule has 0 aliphatic rings. The van der Waals surface area contributed by atoms with Crippen molar-refractivity contribution in [3.8, 4) is 6.07 Å². The minimum absolute atomic E-state index is 0.0223. The Labute approximate surface area is 114 Å². The van der Waals surface area contributed by atoms with Crippen LogP contribution in [-0.4, -0.2) is 0 Å². The molecular formula is C13H4F6N2. The molecule has 0 atom stereocenters. The second-order valence-corrected chi connectivity index (χ2v) is 3.87. The maximum absolute atomic E-state index is 13.6. The van der Waals surface area contributed by atoms with Gasteiger partial charge in [0.2, 0.25) is 0 Å². The topological polar surface area (TPSA) is 35.8 Å². The summed E-state index contributed by atoms with van der Waals surface area (Å²) in [7, 11) is 0. The first-order chi connectivity index (χ1) is 9.86. The highest BCUT2D eigenvalue weighted by atomic mass is 19.2. The maximum atomic E-state index is 13.6. The van der Waals surface area contributed by atoms with Gasteiger partial charge in [-0.2, -0.15) is 5.26 Å². The molecular weight excluding hydrogens is 298 g/mol. The lowest BCUT2D eigenvalue weighted by atomic mass is 10.2. The van der Waals surface area contributed by atoms with Crippen LogP contribution in [0, 0.1) is 46.2 Å². The lowest BCUT2D eigenvalue weighted by Crippen LogP contribution is -2.05. The van der Waals surface area contributed by atoms with Gasteiger partial charge in [0.05, 0.1) is 11.3 Å². The molecule has 0 saturated heterocycles. The summed E-state index contributed by atoms with van der Waals surface area (Å²) in [6.45, 7) is 0. The summed E-state index contributed by atoms with van der Waals surface area (Å²) < 4.78 is 79.7. The second kappa shape index (κ2) is 5.36. The van der Waals surface area contributed by atoms with E-state index in [0.717, 1.165) is 12.1 Å². The Hall–Kier alpha value is -2.69. The molecule has 0 fully saturated rings. The second-order valence-electron chi connectivity index (χ2n) is 3.87.